The van der Waals surface area contributed by atoms with Crippen molar-refractivity contribution in [1.82, 2.24) is 25.4 Å². The summed E-state index contributed by atoms with van der Waals surface area (Å²) in [5, 5.41) is 12.4. The first-order chi connectivity index (χ1) is 6.27. The highest BCUT2D eigenvalue weighted by Gasteiger charge is 2.07. The van der Waals surface area contributed by atoms with Gasteiger partial charge >= 0.3 is 0 Å². The highest BCUT2D eigenvalue weighted by molar-refractivity contribution is 5.94. The molecule has 2 rings (SSSR count). The largest absolute Gasteiger partial charge is 0.309 e. The molecule has 2 N–H and O–H groups in total. The minimum atomic E-state index is -0.206. The van der Waals surface area contributed by atoms with E-state index in [-0.39, 0.29) is 5.91 Å². The molecular formula is C6H6N6O. The molecule has 13 heavy (non-hydrogen) atoms. The number of aromatic amines is 1. The van der Waals surface area contributed by atoms with Crippen molar-refractivity contribution in [2.24, 2.45) is 0 Å². The molecule has 0 aliphatic rings. The zero-order valence-electron chi connectivity index (χ0n) is 6.77. The summed E-state index contributed by atoms with van der Waals surface area (Å²) in [6, 6.07) is 0. The fourth-order valence-corrected chi connectivity index (χ4v) is 0.936. The minimum absolute atomic E-state index is 0.206. The molecule has 0 atom stereocenters. The van der Waals surface area contributed by atoms with Gasteiger partial charge in [-0.2, -0.15) is 0 Å². The zero-order chi connectivity index (χ0) is 9.26. The highest BCUT2D eigenvalue weighted by Crippen LogP contribution is 2.12. The number of H-pyrrole nitrogens is 1. The molecule has 0 saturated carbocycles. The highest BCUT2D eigenvalue weighted by atomic mass is 16.1. The Bertz CT molecular complexity index is 449. The van der Waals surface area contributed by atoms with E-state index in [4.69, 9.17) is 0 Å². The van der Waals surface area contributed by atoms with E-state index in [1.54, 1.807) is 0 Å². The number of hydrogen-bond donors (Lipinski definition) is 2. The van der Waals surface area contributed by atoms with Crippen molar-refractivity contribution >= 4 is 22.9 Å². The lowest BCUT2D eigenvalue weighted by molar-refractivity contribution is -0.114. The second-order valence-electron chi connectivity index (χ2n) is 2.41. The fourth-order valence-electron chi connectivity index (χ4n) is 0.936. The number of aromatic nitrogens is 5. The Morgan fingerprint density at radius 1 is 1.54 bits per heavy atom. The predicted molar refractivity (Wildman–Crippen MR) is 43.8 cm³/mol. The first-order valence-electron chi connectivity index (χ1n) is 3.56. The molecule has 66 valence electrons. The summed E-state index contributed by atoms with van der Waals surface area (Å²) in [6.45, 7) is 1.40. The van der Waals surface area contributed by atoms with Crippen LogP contribution in [0.1, 0.15) is 6.92 Å². The van der Waals surface area contributed by atoms with Crippen LogP contribution in [0.15, 0.2) is 6.33 Å². The van der Waals surface area contributed by atoms with Gasteiger partial charge in [-0.25, -0.2) is 15.1 Å². The summed E-state index contributed by atoms with van der Waals surface area (Å²) in [5.74, 6) is 0.161. The number of rotatable bonds is 1. The number of hydrogen-bond acceptors (Lipinski definition) is 5. The van der Waals surface area contributed by atoms with Gasteiger partial charge in [-0.15, -0.1) is 5.10 Å². The van der Waals surface area contributed by atoms with E-state index in [1.807, 2.05) is 0 Å². The van der Waals surface area contributed by atoms with Crippen molar-refractivity contribution in [3.8, 4) is 0 Å². The molecule has 2 aromatic heterocycles. The first-order valence-corrected chi connectivity index (χ1v) is 3.56. The van der Waals surface area contributed by atoms with E-state index in [2.05, 4.69) is 30.7 Å². The molecule has 1 amide bonds. The van der Waals surface area contributed by atoms with Crippen LogP contribution < -0.4 is 5.32 Å². The summed E-state index contributed by atoms with van der Waals surface area (Å²) in [4.78, 5) is 18.5. The molecular weight excluding hydrogens is 172 g/mol. The summed E-state index contributed by atoms with van der Waals surface area (Å²) < 4.78 is 0. The van der Waals surface area contributed by atoms with Crippen LogP contribution in [0.25, 0.3) is 11.2 Å². The standard InChI is InChI=1S/C6H6N6O/c1-3(13)9-5-4-6(8-2-7-5)11-12-10-4/h2H,1H3,(H2,7,8,9,10,11,12,13). The lowest BCUT2D eigenvalue weighted by Gasteiger charge is -1.98. The smallest absolute Gasteiger partial charge is 0.222 e. The van der Waals surface area contributed by atoms with Gasteiger partial charge in [0, 0.05) is 6.92 Å². The maximum Gasteiger partial charge on any atom is 0.222 e. The number of nitrogens with zero attached hydrogens (tertiary/aromatic N) is 4. The summed E-state index contributed by atoms with van der Waals surface area (Å²) in [6.07, 6.45) is 1.33. The number of nitrogens with one attached hydrogen (secondary N) is 2. The summed E-state index contributed by atoms with van der Waals surface area (Å²) >= 11 is 0. The van der Waals surface area contributed by atoms with Gasteiger partial charge in [0.05, 0.1) is 0 Å². The average Bonchev–Trinajstić information content (AvgIpc) is 2.51. The van der Waals surface area contributed by atoms with Crippen LogP contribution >= 0.6 is 0 Å². The Morgan fingerprint density at radius 3 is 3.15 bits per heavy atom. The van der Waals surface area contributed by atoms with Crippen molar-refractivity contribution < 1.29 is 4.79 Å². The van der Waals surface area contributed by atoms with Crippen LogP contribution in [0, 0.1) is 0 Å². The first kappa shape index (κ1) is 7.59. The number of carbonyl (C=O) groups is 1. The Hall–Kier alpha value is -2.05. The predicted octanol–water partition coefficient (Wildman–Crippen LogP) is -0.294. The van der Waals surface area contributed by atoms with Gasteiger partial charge in [0.25, 0.3) is 0 Å². The van der Waals surface area contributed by atoms with Gasteiger partial charge in [-0.1, -0.05) is 5.21 Å². The molecule has 0 unspecified atom stereocenters. The molecule has 0 radical (unpaired) electrons. The fraction of sp³-hybridized carbons (Fsp3) is 0.167. The molecule has 2 heterocycles. The molecule has 7 nitrogen and oxygen atoms in total. The lowest BCUT2D eigenvalue weighted by Crippen LogP contribution is -2.08. The maximum absolute atomic E-state index is 10.7. The molecule has 7 heteroatoms. The van der Waals surface area contributed by atoms with Crippen LogP contribution in [0.2, 0.25) is 0 Å². The zero-order valence-corrected chi connectivity index (χ0v) is 6.77. The average molecular weight is 178 g/mol. The third-order valence-electron chi connectivity index (χ3n) is 1.42. The molecule has 0 spiro atoms. The van der Waals surface area contributed by atoms with Gasteiger partial charge in [0.2, 0.25) is 5.91 Å². The third-order valence-corrected chi connectivity index (χ3v) is 1.42. The topological polar surface area (TPSA) is 96.5 Å². The number of fused-ring (bicyclic) bond motifs is 1. The SMILES string of the molecule is CC(=O)Nc1ncnc2[nH]nnc12. The molecule has 2 aromatic rings. The Labute approximate surface area is 72.6 Å². The van der Waals surface area contributed by atoms with Crippen molar-refractivity contribution in [2.45, 2.75) is 6.92 Å². The number of amides is 1. The van der Waals surface area contributed by atoms with Crippen LogP contribution in [-0.4, -0.2) is 31.3 Å². The van der Waals surface area contributed by atoms with E-state index in [0.29, 0.717) is 17.0 Å². The molecule has 0 saturated heterocycles. The van der Waals surface area contributed by atoms with E-state index in [9.17, 15) is 4.79 Å². The Kier molecular flexibility index (Phi) is 1.62. The van der Waals surface area contributed by atoms with E-state index >= 15 is 0 Å². The maximum atomic E-state index is 10.7. The van der Waals surface area contributed by atoms with Gasteiger partial charge in [-0.3, -0.25) is 4.79 Å². The van der Waals surface area contributed by atoms with Gasteiger partial charge in [-0.05, 0) is 0 Å². The van der Waals surface area contributed by atoms with Crippen LogP contribution in [0.4, 0.5) is 5.82 Å². The molecule has 0 aliphatic carbocycles. The second-order valence-corrected chi connectivity index (χ2v) is 2.41. The minimum Gasteiger partial charge on any atom is -0.309 e. The van der Waals surface area contributed by atoms with Crippen LogP contribution in [0.5, 0.6) is 0 Å². The van der Waals surface area contributed by atoms with Crippen LogP contribution in [0.3, 0.4) is 0 Å². The normalized spacial score (nSPS) is 10.2. The molecule has 0 aromatic carbocycles. The lowest BCUT2D eigenvalue weighted by atomic mass is 10.5. The monoisotopic (exact) mass is 178 g/mol. The quantitative estimate of drug-likeness (QED) is 0.625. The Balaban J connectivity index is 2.54. The van der Waals surface area contributed by atoms with E-state index < -0.39 is 0 Å². The summed E-state index contributed by atoms with van der Waals surface area (Å²) in [5.41, 5.74) is 0.955. The van der Waals surface area contributed by atoms with E-state index in [0.717, 1.165) is 0 Å². The molecule has 0 aliphatic heterocycles. The van der Waals surface area contributed by atoms with Crippen molar-refractivity contribution in [3.63, 3.8) is 0 Å². The van der Waals surface area contributed by atoms with Crippen molar-refractivity contribution in [2.75, 3.05) is 5.32 Å². The summed E-state index contributed by atoms with van der Waals surface area (Å²) in [7, 11) is 0. The second kappa shape index (κ2) is 2.77. The Morgan fingerprint density at radius 2 is 2.38 bits per heavy atom. The van der Waals surface area contributed by atoms with Crippen molar-refractivity contribution in [3.05, 3.63) is 6.33 Å². The third kappa shape index (κ3) is 1.31. The number of anilines is 1. The number of carbonyl (C=O) groups excluding carboxylic acids is 1. The van der Waals surface area contributed by atoms with Gasteiger partial charge in [0.15, 0.2) is 17.0 Å². The molecule has 0 fully saturated rings. The molecule has 0 bridgehead atoms. The van der Waals surface area contributed by atoms with Gasteiger partial charge in [0.1, 0.15) is 6.33 Å². The van der Waals surface area contributed by atoms with Crippen molar-refractivity contribution in [1.29, 1.82) is 0 Å². The van der Waals surface area contributed by atoms with Gasteiger partial charge < -0.3 is 5.32 Å². The van der Waals surface area contributed by atoms with Crippen LogP contribution in [-0.2, 0) is 4.79 Å². The van der Waals surface area contributed by atoms with E-state index in [1.165, 1.54) is 13.3 Å².